The maximum Gasteiger partial charge on any atom is 0.259 e. The summed E-state index contributed by atoms with van der Waals surface area (Å²) < 4.78 is 5.93. The first kappa shape index (κ1) is 15.6. The molecule has 0 unspecified atom stereocenters. The lowest BCUT2D eigenvalue weighted by atomic mass is 10.1. The van der Waals surface area contributed by atoms with E-state index in [0.717, 1.165) is 16.0 Å². The maximum atomic E-state index is 12.6. The molecule has 124 valence electrons. The molecule has 0 aliphatic carbocycles. The number of hydrogen-bond acceptors (Lipinski definition) is 4. The van der Waals surface area contributed by atoms with Gasteiger partial charge in [-0.15, -0.1) is 11.3 Å². The van der Waals surface area contributed by atoms with Crippen LogP contribution in [0.4, 0.5) is 5.69 Å². The fraction of sp³-hybridized carbons (Fsp3) is 0.100. The molecule has 1 aliphatic heterocycles. The lowest BCUT2D eigenvalue weighted by Gasteiger charge is -2.08. The van der Waals surface area contributed by atoms with E-state index in [0.29, 0.717) is 28.3 Å². The van der Waals surface area contributed by atoms with E-state index in [1.807, 2.05) is 42.6 Å². The van der Waals surface area contributed by atoms with E-state index in [4.69, 9.17) is 4.74 Å². The number of benzene rings is 2. The van der Waals surface area contributed by atoms with Crippen molar-refractivity contribution in [3.8, 4) is 21.9 Å². The van der Waals surface area contributed by atoms with Gasteiger partial charge in [-0.3, -0.25) is 9.59 Å². The fourth-order valence-electron chi connectivity index (χ4n) is 2.76. The minimum Gasteiger partial charge on any atom is -0.454 e. The molecule has 4 nitrogen and oxygen atoms in total. The fourth-order valence-corrected chi connectivity index (χ4v) is 3.71. The summed E-state index contributed by atoms with van der Waals surface area (Å²) in [7, 11) is 0. The summed E-state index contributed by atoms with van der Waals surface area (Å²) in [6.07, 6.45) is 0. The first-order chi connectivity index (χ1) is 12.0. The van der Waals surface area contributed by atoms with Gasteiger partial charge < -0.3 is 10.1 Å². The second-order valence-electron chi connectivity index (χ2n) is 6.02. The number of carbonyl (C=O) groups is 2. The zero-order chi connectivity index (χ0) is 17.6. The normalized spacial score (nSPS) is 12.5. The van der Waals surface area contributed by atoms with Gasteiger partial charge >= 0.3 is 0 Å². The van der Waals surface area contributed by atoms with Crippen LogP contribution >= 0.6 is 11.3 Å². The van der Waals surface area contributed by atoms with Crippen LogP contribution in [-0.2, 0) is 0 Å². The number of thiophene rings is 1. The summed E-state index contributed by atoms with van der Waals surface area (Å²) in [4.78, 5) is 25.1. The van der Waals surface area contributed by atoms with Crippen molar-refractivity contribution in [1.29, 1.82) is 0 Å². The largest absolute Gasteiger partial charge is 0.454 e. The number of fused-ring (bicyclic) bond motifs is 2. The number of ketones is 1. The van der Waals surface area contributed by atoms with E-state index in [-0.39, 0.29) is 11.7 Å². The molecule has 2 aromatic carbocycles. The Labute approximate surface area is 149 Å². The minimum atomic E-state index is -0.204. The van der Waals surface area contributed by atoms with Gasteiger partial charge in [0.15, 0.2) is 11.5 Å². The van der Waals surface area contributed by atoms with Gasteiger partial charge in [0.25, 0.3) is 5.91 Å². The van der Waals surface area contributed by atoms with Gasteiger partial charge in [-0.25, -0.2) is 0 Å². The van der Waals surface area contributed by atoms with Crippen LogP contribution in [0.15, 0.2) is 47.8 Å². The van der Waals surface area contributed by atoms with Crippen LogP contribution in [0.3, 0.4) is 0 Å². The van der Waals surface area contributed by atoms with Gasteiger partial charge in [0.05, 0.1) is 11.3 Å². The number of ether oxygens (including phenoxy) is 1. The SMILES string of the molecule is CC(=O)c1csc(-c2ccc3c(c2)C(=O)Nc2cc(C)ccc2O3)c1. The molecular formula is C20H15NO3S. The topological polar surface area (TPSA) is 55.4 Å². The molecular weight excluding hydrogens is 334 g/mol. The number of carbonyl (C=O) groups excluding carboxylic acids is 2. The highest BCUT2D eigenvalue weighted by Crippen LogP contribution is 2.38. The standard InChI is InChI=1S/C20H15NO3S/c1-11-3-5-18-16(7-11)21-20(23)15-8-13(4-6-17(15)24-18)19-9-14(10-25-19)12(2)22/h3-10H,1-2H3,(H,21,23). The molecule has 0 saturated heterocycles. The Balaban J connectivity index is 1.76. The molecule has 0 spiro atoms. The van der Waals surface area contributed by atoms with E-state index in [9.17, 15) is 9.59 Å². The molecule has 4 rings (SSSR count). The predicted molar refractivity (Wildman–Crippen MR) is 99.0 cm³/mol. The van der Waals surface area contributed by atoms with Crippen molar-refractivity contribution in [1.82, 2.24) is 0 Å². The average Bonchev–Trinajstić information content (AvgIpc) is 3.03. The molecule has 2 heterocycles. The summed E-state index contributed by atoms with van der Waals surface area (Å²) >= 11 is 1.48. The first-order valence-electron chi connectivity index (χ1n) is 7.85. The quantitative estimate of drug-likeness (QED) is 0.640. The molecule has 0 bridgehead atoms. The lowest BCUT2D eigenvalue weighted by molar-refractivity contribution is 0.101. The van der Waals surface area contributed by atoms with Crippen molar-refractivity contribution in [2.75, 3.05) is 5.32 Å². The van der Waals surface area contributed by atoms with Crippen molar-refractivity contribution in [2.24, 2.45) is 0 Å². The van der Waals surface area contributed by atoms with Crippen LogP contribution in [0.2, 0.25) is 0 Å². The van der Waals surface area contributed by atoms with Crippen molar-refractivity contribution in [3.05, 3.63) is 64.5 Å². The molecule has 25 heavy (non-hydrogen) atoms. The Hall–Kier alpha value is -2.92. The monoisotopic (exact) mass is 349 g/mol. The molecule has 0 atom stereocenters. The third-order valence-corrected chi connectivity index (χ3v) is 5.10. The molecule has 1 aliphatic rings. The van der Waals surface area contributed by atoms with Crippen molar-refractivity contribution in [3.63, 3.8) is 0 Å². The number of hydrogen-bond donors (Lipinski definition) is 1. The maximum absolute atomic E-state index is 12.6. The van der Waals surface area contributed by atoms with E-state index in [2.05, 4.69) is 5.32 Å². The van der Waals surface area contributed by atoms with Crippen LogP contribution in [0.5, 0.6) is 11.5 Å². The Morgan fingerprint density at radius 2 is 1.88 bits per heavy atom. The second-order valence-corrected chi connectivity index (χ2v) is 6.93. The van der Waals surface area contributed by atoms with Crippen LogP contribution in [0, 0.1) is 6.92 Å². The Morgan fingerprint density at radius 1 is 1.08 bits per heavy atom. The van der Waals surface area contributed by atoms with Crippen molar-refractivity contribution < 1.29 is 14.3 Å². The van der Waals surface area contributed by atoms with Gasteiger partial charge in [0.1, 0.15) is 5.75 Å². The van der Waals surface area contributed by atoms with Crippen LogP contribution in [-0.4, -0.2) is 11.7 Å². The molecule has 1 N–H and O–H groups in total. The van der Waals surface area contributed by atoms with E-state index < -0.39 is 0 Å². The zero-order valence-corrected chi connectivity index (χ0v) is 14.6. The summed E-state index contributed by atoms with van der Waals surface area (Å²) in [5, 5.41) is 4.74. The molecule has 1 amide bonds. The van der Waals surface area contributed by atoms with Crippen LogP contribution < -0.4 is 10.1 Å². The predicted octanol–water partition coefficient (Wildman–Crippen LogP) is 5.28. The smallest absolute Gasteiger partial charge is 0.259 e. The summed E-state index contributed by atoms with van der Waals surface area (Å²) in [6.45, 7) is 3.51. The van der Waals surface area contributed by atoms with Gasteiger partial charge in [-0.2, -0.15) is 0 Å². The van der Waals surface area contributed by atoms with Gasteiger partial charge in [0.2, 0.25) is 0 Å². The summed E-state index contributed by atoms with van der Waals surface area (Å²) in [5.74, 6) is 0.973. The van der Waals surface area contributed by atoms with Gasteiger partial charge in [-0.1, -0.05) is 6.07 Å². The number of nitrogens with one attached hydrogen (secondary N) is 1. The third-order valence-electron chi connectivity index (χ3n) is 4.12. The zero-order valence-electron chi connectivity index (χ0n) is 13.8. The van der Waals surface area contributed by atoms with E-state index in [1.54, 1.807) is 19.1 Å². The van der Waals surface area contributed by atoms with Crippen molar-refractivity contribution in [2.45, 2.75) is 13.8 Å². The lowest BCUT2D eigenvalue weighted by Crippen LogP contribution is -2.10. The molecule has 0 radical (unpaired) electrons. The average molecular weight is 349 g/mol. The Bertz CT molecular complexity index is 1020. The summed E-state index contributed by atoms with van der Waals surface area (Å²) in [6, 6.07) is 13.0. The van der Waals surface area contributed by atoms with Crippen LogP contribution in [0.25, 0.3) is 10.4 Å². The molecule has 3 aromatic rings. The second kappa shape index (κ2) is 5.86. The Morgan fingerprint density at radius 3 is 2.64 bits per heavy atom. The number of Topliss-reactive ketones (excluding diaryl/α,β-unsaturated/α-hetero) is 1. The molecule has 5 heteroatoms. The highest BCUT2D eigenvalue weighted by molar-refractivity contribution is 7.13. The molecule has 0 fully saturated rings. The Kier molecular flexibility index (Phi) is 3.66. The number of aryl methyl sites for hydroxylation is 1. The highest BCUT2D eigenvalue weighted by atomic mass is 32.1. The molecule has 1 aromatic heterocycles. The van der Waals surface area contributed by atoms with Crippen molar-refractivity contribution >= 4 is 28.7 Å². The number of rotatable bonds is 2. The first-order valence-corrected chi connectivity index (χ1v) is 8.73. The number of anilines is 1. The van der Waals surface area contributed by atoms with E-state index in [1.165, 1.54) is 11.3 Å². The van der Waals surface area contributed by atoms with Crippen LogP contribution in [0.1, 0.15) is 33.2 Å². The summed E-state index contributed by atoms with van der Waals surface area (Å²) in [5.41, 5.74) is 3.75. The highest BCUT2D eigenvalue weighted by Gasteiger charge is 2.21. The minimum absolute atomic E-state index is 0.0316. The van der Waals surface area contributed by atoms with Gasteiger partial charge in [-0.05, 0) is 61.4 Å². The third kappa shape index (κ3) is 2.83. The molecule has 0 saturated carbocycles. The van der Waals surface area contributed by atoms with Gasteiger partial charge in [0, 0.05) is 15.8 Å². The number of amides is 1. The van der Waals surface area contributed by atoms with E-state index >= 15 is 0 Å².